The van der Waals surface area contributed by atoms with Crippen molar-refractivity contribution in [1.29, 1.82) is 0 Å². The maximum Gasteiger partial charge on any atom is 0.164 e. The van der Waals surface area contributed by atoms with E-state index in [1.54, 1.807) is 0 Å². The molecule has 13 rings (SSSR count). The van der Waals surface area contributed by atoms with Gasteiger partial charge in [-0.15, -0.1) is 0 Å². The third-order valence-corrected chi connectivity index (χ3v) is 12.6. The van der Waals surface area contributed by atoms with Crippen LogP contribution in [-0.2, 0) is 6.42 Å². The van der Waals surface area contributed by atoms with Gasteiger partial charge in [0.2, 0.25) is 0 Å². The summed E-state index contributed by atoms with van der Waals surface area (Å²) in [5.41, 5.74) is 14.9. The molecule has 8 aromatic carbocycles. The van der Waals surface area contributed by atoms with Gasteiger partial charge in [0, 0.05) is 60.7 Å². The Morgan fingerprint density at radius 3 is 1.84 bits per heavy atom. The van der Waals surface area contributed by atoms with Crippen molar-refractivity contribution in [3.63, 3.8) is 0 Å². The molecule has 0 bridgehead atoms. The molecule has 6 heteroatoms. The van der Waals surface area contributed by atoms with Crippen molar-refractivity contribution in [2.45, 2.75) is 12.8 Å². The van der Waals surface area contributed by atoms with E-state index in [9.17, 15) is 0 Å². The number of hydrogen-bond acceptors (Lipinski definition) is 4. The van der Waals surface area contributed by atoms with Crippen molar-refractivity contribution in [1.82, 2.24) is 24.1 Å². The third-order valence-electron chi connectivity index (χ3n) is 12.6. The molecule has 63 heavy (non-hydrogen) atoms. The maximum atomic E-state index is 6.93. The maximum absolute atomic E-state index is 6.93. The van der Waals surface area contributed by atoms with Crippen LogP contribution in [0.3, 0.4) is 0 Å². The molecular weight excluding hydrogens is 771 g/mol. The minimum atomic E-state index is 0.604. The smallest absolute Gasteiger partial charge is 0.164 e. The van der Waals surface area contributed by atoms with Gasteiger partial charge in [-0.3, -0.25) is 0 Å². The predicted molar refractivity (Wildman–Crippen MR) is 257 cm³/mol. The van der Waals surface area contributed by atoms with Gasteiger partial charge in [0.25, 0.3) is 0 Å². The van der Waals surface area contributed by atoms with Crippen LogP contribution in [0.4, 0.5) is 0 Å². The number of allylic oxidation sites excluding steroid dienone is 1. The summed E-state index contributed by atoms with van der Waals surface area (Å²) in [5.74, 6) is 1.86. The van der Waals surface area contributed by atoms with E-state index in [0.29, 0.717) is 17.5 Å². The standard InChI is InChI=1S/C57H37N5O/c1-4-17-36(18-5-1)55-58-56(37-19-6-2-7-20-37)60-57(59-55)39-21-16-24-41(33-39)62-49-29-14-11-27-45(49)52-46(35-47-44-26-12-15-30-51(44)63-54(47)53(52)62)38-31-32-43-42-25-10-13-28-48(42)61(50(43)34-38)40-22-8-3-9-23-40/h1-9,11-24,26-35H,10,25H2. The second kappa shape index (κ2) is 14.1. The van der Waals surface area contributed by atoms with E-state index in [1.807, 2.05) is 66.7 Å². The van der Waals surface area contributed by atoms with Crippen molar-refractivity contribution in [2.24, 2.45) is 0 Å². The lowest BCUT2D eigenvalue weighted by Crippen LogP contribution is -2.01. The molecule has 0 unspecified atom stereocenters. The van der Waals surface area contributed by atoms with E-state index in [2.05, 4.69) is 143 Å². The number of aromatic nitrogens is 5. The molecule has 4 aromatic heterocycles. The topological polar surface area (TPSA) is 61.7 Å². The number of benzene rings is 8. The van der Waals surface area contributed by atoms with Crippen molar-refractivity contribution in [2.75, 3.05) is 0 Å². The Hall–Kier alpha value is -8.35. The molecule has 0 saturated heterocycles. The van der Waals surface area contributed by atoms with Gasteiger partial charge in [-0.2, -0.15) is 0 Å². The van der Waals surface area contributed by atoms with E-state index in [0.717, 1.165) is 95.8 Å². The highest BCUT2D eigenvalue weighted by molar-refractivity contribution is 6.26. The fraction of sp³-hybridized carbons (Fsp3) is 0.0351. The van der Waals surface area contributed by atoms with Crippen LogP contribution in [0, 0.1) is 0 Å². The van der Waals surface area contributed by atoms with Crippen LogP contribution in [0.15, 0.2) is 199 Å². The molecule has 0 atom stereocenters. The molecule has 0 N–H and O–H groups in total. The zero-order chi connectivity index (χ0) is 41.4. The molecule has 6 nitrogen and oxygen atoms in total. The lowest BCUT2D eigenvalue weighted by Gasteiger charge is -2.13. The number of fused-ring (bicyclic) bond motifs is 10. The number of para-hydroxylation sites is 3. The van der Waals surface area contributed by atoms with Crippen LogP contribution in [0.1, 0.15) is 17.7 Å². The van der Waals surface area contributed by atoms with Crippen molar-refractivity contribution in [3.05, 3.63) is 205 Å². The van der Waals surface area contributed by atoms with E-state index in [-0.39, 0.29) is 0 Å². The summed E-state index contributed by atoms with van der Waals surface area (Å²) in [5, 5.41) is 5.75. The monoisotopic (exact) mass is 807 g/mol. The minimum Gasteiger partial charge on any atom is -0.454 e. The highest BCUT2D eigenvalue weighted by Gasteiger charge is 2.25. The summed E-state index contributed by atoms with van der Waals surface area (Å²) in [7, 11) is 0. The third kappa shape index (κ3) is 5.62. The predicted octanol–water partition coefficient (Wildman–Crippen LogP) is 14.4. The first-order chi connectivity index (χ1) is 31.2. The number of furan rings is 1. The Labute approximate surface area is 362 Å². The summed E-state index contributed by atoms with van der Waals surface area (Å²) >= 11 is 0. The van der Waals surface area contributed by atoms with Gasteiger partial charge in [-0.05, 0) is 84.1 Å². The van der Waals surface area contributed by atoms with Gasteiger partial charge in [0.05, 0.1) is 16.6 Å². The van der Waals surface area contributed by atoms with Crippen LogP contribution in [0.2, 0.25) is 0 Å². The highest BCUT2D eigenvalue weighted by Crippen LogP contribution is 2.47. The highest BCUT2D eigenvalue weighted by atomic mass is 16.3. The van der Waals surface area contributed by atoms with E-state index < -0.39 is 0 Å². The Bertz CT molecular complexity index is 3730. The first kappa shape index (κ1) is 35.4. The number of aryl methyl sites for hydroxylation is 1. The van der Waals surface area contributed by atoms with Crippen LogP contribution < -0.4 is 0 Å². The second-order valence-corrected chi connectivity index (χ2v) is 16.3. The van der Waals surface area contributed by atoms with Crippen LogP contribution in [-0.4, -0.2) is 24.1 Å². The Morgan fingerprint density at radius 2 is 1.08 bits per heavy atom. The van der Waals surface area contributed by atoms with Crippen LogP contribution in [0.5, 0.6) is 0 Å². The summed E-state index contributed by atoms with van der Waals surface area (Å²) in [6.45, 7) is 0. The molecule has 1 aliphatic rings. The van der Waals surface area contributed by atoms with Gasteiger partial charge < -0.3 is 13.6 Å². The normalized spacial score (nSPS) is 12.6. The van der Waals surface area contributed by atoms with Crippen molar-refractivity contribution in [3.8, 4) is 56.7 Å². The summed E-state index contributed by atoms with van der Waals surface area (Å²) in [4.78, 5) is 15.2. The fourth-order valence-electron chi connectivity index (χ4n) is 9.80. The summed E-state index contributed by atoms with van der Waals surface area (Å²) in [6, 6.07) is 66.1. The zero-order valence-electron chi connectivity index (χ0n) is 34.1. The lowest BCUT2D eigenvalue weighted by atomic mass is 9.95. The van der Waals surface area contributed by atoms with Crippen molar-refractivity contribution >= 4 is 60.7 Å². The van der Waals surface area contributed by atoms with Gasteiger partial charge in [0.15, 0.2) is 23.1 Å². The summed E-state index contributed by atoms with van der Waals surface area (Å²) in [6.07, 6.45) is 6.68. The van der Waals surface area contributed by atoms with E-state index in [4.69, 9.17) is 19.4 Å². The van der Waals surface area contributed by atoms with Gasteiger partial charge in [-0.1, -0.05) is 146 Å². The molecule has 0 aliphatic heterocycles. The Morgan fingerprint density at radius 1 is 0.444 bits per heavy atom. The molecule has 296 valence electrons. The first-order valence-electron chi connectivity index (χ1n) is 21.5. The molecule has 0 saturated carbocycles. The number of rotatable bonds is 6. The molecule has 12 aromatic rings. The first-order valence-corrected chi connectivity index (χ1v) is 21.5. The minimum absolute atomic E-state index is 0.604. The number of nitrogens with zero attached hydrogens (tertiary/aromatic N) is 5. The van der Waals surface area contributed by atoms with Gasteiger partial charge >= 0.3 is 0 Å². The van der Waals surface area contributed by atoms with Crippen LogP contribution >= 0.6 is 0 Å². The number of hydrogen-bond donors (Lipinski definition) is 0. The molecule has 0 radical (unpaired) electrons. The van der Waals surface area contributed by atoms with Crippen LogP contribution in [0.25, 0.3) is 117 Å². The van der Waals surface area contributed by atoms with Gasteiger partial charge in [0.1, 0.15) is 5.58 Å². The zero-order valence-corrected chi connectivity index (χ0v) is 34.1. The quantitative estimate of drug-likeness (QED) is 0.168. The molecule has 0 amide bonds. The molecular formula is C57H37N5O. The Balaban J connectivity index is 1.08. The van der Waals surface area contributed by atoms with Gasteiger partial charge in [-0.25, -0.2) is 15.0 Å². The van der Waals surface area contributed by atoms with E-state index >= 15 is 0 Å². The molecule has 0 fully saturated rings. The van der Waals surface area contributed by atoms with Crippen molar-refractivity contribution < 1.29 is 4.42 Å². The lowest BCUT2D eigenvalue weighted by molar-refractivity contribution is 0.671. The SMILES string of the molecule is C1=Cc2c(c3ccc(-c4cc5c6ccccc6oc5c5c4c4ccccc4n5-c4cccc(-c5nc(-c6ccccc6)nc(-c6ccccc6)n5)c4)cc3n2-c2ccccc2)CC1. The summed E-state index contributed by atoms with van der Waals surface area (Å²) < 4.78 is 11.7. The molecule has 1 aliphatic carbocycles. The Kier molecular flexibility index (Phi) is 7.93. The largest absolute Gasteiger partial charge is 0.454 e. The fourth-order valence-corrected chi connectivity index (χ4v) is 9.80. The average Bonchev–Trinajstić information content (AvgIpc) is 4.02. The second-order valence-electron chi connectivity index (χ2n) is 16.3. The van der Waals surface area contributed by atoms with E-state index in [1.165, 1.54) is 22.2 Å². The molecule has 4 heterocycles. The average molecular weight is 808 g/mol. The molecule has 0 spiro atoms.